The van der Waals surface area contributed by atoms with E-state index < -0.39 is 0 Å². The summed E-state index contributed by atoms with van der Waals surface area (Å²) >= 11 is 1.75. The lowest BCUT2D eigenvalue weighted by molar-refractivity contribution is 0.291. The van der Waals surface area contributed by atoms with Gasteiger partial charge in [0.1, 0.15) is 5.75 Å². The summed E-state index contributed by atoms with van der Waals surface area (Å²) in [6, 6.07) is 8.96. The van der Waals surface area contributed by atoms with Gasteiger partial charge in [-0.1, -0.05) is 6.07 Å². The fourth-order valence-corrected chi connectivity index (χ4v) is 2.46. The van der Waals surface area contributed by atoms with Gasteiger partial charge in [0.2, 0.25) is 0 Å². The molecule has 1 fully saturated rings. The second-order valence-electron chi connectivity index (χ2n) is 4.11. The van der Waals surface area contributed by atoms with Crippen LogP contribution in [0.3, 0.4) is 0 Å². The molecule has 2 rings (SSSR count). The van der Waals surface area contributed by atoms with Crippen LogP contribution in [0.5, 0.6) is 5.75 Å². The predicted molar refractivity (Wildman–Crippen MR) is 69.4 cm³/mol. The number of hydrogen-bond acceptors (Lipinski definition) is 3. The zero-order valence-corrected chi connectivity index (χ0v) is 10.6. The Kier molecular flexibility index (Phi) is 4.55. The van der Waals surface area contributed by atoms with Crippen LogP contribution in [-0.4, -0.2) is 25.4 Å². The van der Waals surface area contributed by atoms with Crippen LogP contribution in [0, 0.1) is 0 Å². The van der Waals surface area contributed by atoms with E-state index in [1.165, 1.54) is 24.3 Å². The Hall–Kier alpha value is -0.670. The van der Waals surface area contributed by atoms with E-state index in [4.69, 9.17) is 4.74 Å². The molecule has 0 spiro atoms. The molecule has 1 saturated heterocycles. The molecule has 0 amide bonds. The molecule has 1 aliphatic heterocycles. The lowest BCUT2D eigenvalue weighted by Gasteiger charge is -2.11. The molecule has 0 radical (unpaired) electrons. The molecule has 1 heterocycles. The molecule has 0 bridgehead atoms. The molecule has 1 unspecified atom stereocenters. The van der Waals surface area contributed by atoms with E-state index in [2.05, 4.69) is 29.8 Å². The van der Waals surface area contributed by atoms with Gasteiger partial charge in [-0.2, -0.15) is 0 Å². The van der Waals surface area contributed by atoms with Crippen LogP contribution in [0.1, 0.15) is 19.3 Å². The summed E-state index contributed by atoms with van der Waals surface area (Å²) in [6.07, 6.45) is 5.81. The lowest BCUT2D eigenvalue weighted by Crippen LogP contribution is -2.23. The van der Waals surface area contributed by atoms with Crippen LogP contribution in [-0.2, 0) is 0 Å². The highest BCUT2D eigenvalue weighted by atomic mass is 32.2. The number of nitrogens with one attached hydrogen (secondary N) is 1. The maximum Gasteiger partial charge on any atom is 0.120 e. The van der Waals surface area contributed by atoms with E-state index in [0.717, 1.165) is 18.8 Å². The summed E-state index contributed by atoms with van der Waals surface area (Å²) in [4.78, 5) is 1.26. The zero-order valence-electron chi connectivity index (χ0n) is 9.74. The van der Waals surface area contributed by atoms with Gasteiger partial charge in [-0.15, -0.1) is 11.8 Å². The summed E-state index contributed by atoms with van der Waals surface area (Å²) in [5.74, 6) is 0.991. The zero-order chi connectivity index (χ0) is 11.2. The van der Waals surface area contributed by atoms with Crippen molar-refractivity contribution in [3.63, 3.8) is 0 Å². The topological polar surface area (TPSA) is 21.3 Å². The third kappa shape index (κ3) is 3.42. The minimum Gasteiger partial charge on any atom is -0.493 e. The van der Waals surface area contributed by atoms with Gasteiger partial charge in [-0.25, -0.2) is 0 Å². The lowest BCUT2D eigenvalue weighted by atomic mass is 10.2. The van der Waals surface area contributed by atoms with Gasteiger partial charge >= 0.3 is 0 Å². The summed E-state index contributed by atoms with van der Waals surface area (Å²) in [7, 11) is 0. The largest absolute Gasteiger partial charge is 0.493 e. The van der Waals surface area contributed by atoms with Crippen LogP contribution >= 0.6 is 11.8 Å². The van der Waals surface area contributed by atoms with Crippen molar-refractivity contribution in [1.82, 2.24) is 5.32 Å². The highest BCUT2D eigenvalue weighted by Gasteiger charge is 2.13. The average Bonchev–Trinajstić information content (AvgIpc) is 2.82. The van der Waals surface area contributed by atoms with Gasteiger partial charge in [0.05, 0.1) is 6.61 Å². The molecule has 0 aliphatic carbocycles. The number of thioether (sulfide) groups is 1. The molecular formula is C13H19NOS. The van der Waals surface area contributed by atoms with Gasteiger partial charge < -0.3 is 10.1 Å². The van der Waals surface area contributed by atoms with E-state index >= 15 is 0 Å². The van der Waals surface area contributed by atoms with Crippen molar-refractivity contribution in [3.8, 4) is 5.75 Å². The highest BCUT2D eigenvalue weighted by molar-refractivity contribution is 7.98. The maximum absolute atomic E-state index is 5.76. The van der Waals surface area contributed by atoms with Crippen molar-refractivity contribution in [2.24, 2.45) is 0 Å². The van der Waals surface area contributed by atoms with Crippen molar-refractivity contribution < 1.29 is 4.74 Å². The minimum absolute atomic E-state index is 0.670. The molecule has 1 aromatic carbocycles. The number of benzene rings is 1. The van der Waals surface area contributed by atoms with Crippen molar-refractivity contribution in [3.05, 3.63) is 24.3 Å². The molecule has 0 saturated carbocycles. The Morgan fingerprint density at radius 1 is 1.50 bits per heavy atom. The standard InChI is InChI=1S/C13H19NOS/c1-16-13-6-2-5-12(10-13)15-9-7-11-4-3-8-14-11/h2,5-6,10-11,14H,3-4,7-9H2,1H3. The molecule has 1 atom stereocenters. The first-order valence-electron chi connectivity index (χ1n) is 5.89. The molecule has 1 N–H and O–H groups in total. The highest BCUT2D eigenvalue weighted by Crippen LogP contribution is 2.21. The van der Waals surface area contributed by atoms with Gasteiger partial charge in [-0.3, -0.25) is 0 Å². The van der Waals surface area contributed by atoms with E-state index in [-0.39, 0.29) is 0 Å². The third-order valence-corrected chi connectivity index (χ3v) is 3.66. The normalized spacial score (nSPS) is 19.9. The van der Waals surface area contributed by atoms with Crippen LogP contribution in [0.25, 0.3) is 0 Å². The van der Waals surface area contributed by atoms with E-state index in [9.17, 15) is 0 Å². The number of hydrogen-bond donors (Lipinski definition) is 1. The Balaban J connectivity index is 1.75. The van der Waals surface area contributed by atoms with Crippen molar-refractivity contribution in [1.29, 1.82) is 0 Å². The molecule has 3 heteroatoms. The van der Waals surface area contributed by atoms with Crippen LogP contribution in [0.4, 0.5) is 0 Å². The SMILES string of the molecule is CSc1cccc(OCCC2CCCN2)c1. The van der Waals surface area contributed by atoms with E-state index in [0.29, 0.717) is 6.04 Å². The van der Waals surface area contributed by atoms with E-state index in [1.807, 2.05) is 6.07 Å². The van der Waals surface area contributed by atoms with Crippen LogP contribution < -0.4 is 10.1 Å². The van der Waals surface area contributed by atoms with Crippen molar-refractivity contribution in [2.45, 2.75) is 30.2 Å². The molecular weight excluding hydrogens is 218 g/mol. The first kappa shape index (κ1) is 11.8. The smallest absolute Gasteiger partial charge is 0.120 e. The number of rotatable bonds is 5. The summed E-state index contributed by atoms with van der Waals surface area (Å²) in [5.41, 5.74) is 0. The van der Waals surface area contributed by atoms with Crippen molar-refractivity contribution in [2.75, 3.05) is 19.4 Å². The molecule has 1 aromatic rings. The van der Waals surface area contributed by atoms with E-state index in [1.54, 1.807) is 11.8 Å². The third-order valence-electron chi connectivity index (χ3n) is 2.94. The van der Waals surface area contributed by atoms with Crippen LogP contribution in [0.2, 0.25) is 0 Å². The number of ether oxygens (including phenoxy) is 1. The Morgan fingerprint density at radius 3 is 3.19 bits per heavy atom. The fraction of sp³-hybridized carbons (Fsp3) is 0.538. The van der Waals surface area contributed by atoms with Gasteiger partial charge in [-0.05, 0) is 50.3 Å². The maximum atomic E-state index is 5.76. The quantitative estimate of drug-likeness (QED) is 0.796. The molecule has 0 aromatic heterocycles. The van der Waals surface area contributed by atoms with Gasteiger partial charge in [0.25, 0.3) is 0 Å². The molecule has 16 heavy (non-hydrogen) atoms. The van der Waals surface area contributed by atoms with Crippen molar-refractivity contribution >= 4 is 11.8 Å². The Morgan fingerprint density at radius 2 is 2.44 bits per heavy atom. The van der Waals surface area contributed by atoms with Crippen LogP contribution in [0.15, 0.2) is 29.2 Å². The summed E-state index contributed by atoms with van der Waals surface area (Å²) in [6.45, 7) is 1.99. The minimum atomic E-state index is 0.670. The first-order chi connectivity index (χ1) is 7.88. The molecule has 1 aliphatic rings. The monoisotopic (exact) mass is 237 g/mol. The molecule has 88 valence electrons. The van der Waals surface area contributed by atoms with Gasteiger partial charge in [0.15, 0.2) is 0 Å². The van der Waals surface area contributed by atoms with Gasteiger partial charge in [0, 0.05) is 10.9 Å². The fourth-order valence-electron chi connectivity index (χ4n) is 2.01. The Bertz CT molecular complexity index is 323. The predicted octanol–water partition coefficient (Wildman–Crippen LogP) is 2.93. The Labute approximate surface area is 102 Å². The second-order valence-corrected chi connectivity index (χ2v) is 4.99. The summed E-state index contributed by atoms with van der Waals surface area (Å²) < 4.78 is 5.76. The molecule has 2 nitrogen and oxygen atoms in total. The second kappa shape index (κ2) is 6.16. The average molecular weight is 237 g/mol. The first-order valence-corrected chi connectivity index (χ1v) is 7.11. The summed E-state index contributed by atoms with van der Waals surface area (Å²) in [5, 5.41) is 3.48.